The van der Waals surface area contributed by atoms with Gasteiger partial charge in [0.05, 0.1) is 18.4 Å². The van der Waals surface area contributed by atoms with Crippen LogP contribution in [0.2, 0.25) is 0 Å². The Balaban J connectivity index is 1.45. The van der Waals surface area contributed by atoms with Crippen molar-refractivity contribution in [2.45, 2.75) is 25.0 Å². The third-order valence-electron chi connectivity index (χ3n) is 7.06. The number of rotatable bonds is 3. The van der Waals surface area contributed by atoms with E-state index in [1.165, 1.54) is 36.4 Å². The lowest BCUT2D eigenvalue weighted by Crippen LogP contribution is -2.21. The zero-order valence-electron chi connectivity index (χ0n) is 20.7. The van der Waals surface area contributed by atoms with E-state index >= 15 is 0 Å². The molecule has 0 unspecified atom stereocenters. The van der Waals surface area contributed by atoms with Gasteiger partial charge in [-0.1, -0.05) is 18.2 Å². The molecule has 0 saturated heterocycles. The molecule has 2 aliphatic rings. The van der Waals surface area contributed by atoms with Crippen LogP contribution < -0.4 is 9.47 Å². The van der Waals surface area contributed by atoms with E-state index < -0.39 is 41.0 Å². The van der Waals surface area contributed by atoms with Crippen LogP contribution in [0.3, 0.4) is 0 Å². The van der Waals surface area contributed by atoms with Crippen LogP contribution >= 0.6 is 0 Å². The molecular weight excluding hydrogens is 520 g/mol. The van der Waals surface area contributed by atoms with Gasteiger partial charge in [-0.15, -0.1) is 0 Å². The van der Waals surface area contributed by atoms with E-state index in [-0.39, 0.29) is 63.8 Å². The molecule has 10 heteroatoms. The van der Waals surface area contributed by atoms with Crippen molar-refractivity contribution in [1.82, 2.24) is 0 Å². The Hall–Kier alpha value is -5.38. The fourth-order valence-corrected chi connectivity index (χ4v) is 5.17. The van der Waals surface area contributed by atoms with Crippen LogP contribution in [0.5, 0.6) is 46.0 Å². The van der Waals surface area contributed by atoms with Gasteiger partial charge >= 0.3 is 0 Å². The number of phenolic OH excluding ortho intramolecular Hbond substituents is 6. The molecule has 4 aromatic carbocycles. The number of hydrogen-bond donors (Lipinski definition) is 6. The topological polar surface area (TPSA) is 174 Å². The summed E-state index contributed by atoms with van der Waals surface area (Å²) in [5, 5.41) is 61.8. The number of carbonyl (C=O) groups is 2. The highest BCUT2D eigenvalue weighted by molar-refractivity contribution is 6.06. The van der Waals surface area contributed by atoms with Gasteiger partial charge in [0.2, 0.25) is 0 Å². The van der Waals surface area contributed by atoms with Gasteiger partial charge < -0.3 is 40.1 Å². The fourth-order valence-electron chi connectivity index (χ4n) is 5.17. The maximum Gasteiger partial charge on any atom is 0.174 e. The van der Waals surface area contributed by atoms with Gasteiger partial charge in [0, 0.05) is 23.8 Å². The van der Waals surface area contributed by atoms with Gasteiger partial charge in [0.15, 0.2) is 11.6 Å². The lowest BCUT2D eigenvalue weighted by Gasteiger charge is -2.29. The number of benzene rings is 4. The highest BCUT2D eigenvalue weighted by Gasteiger charge is 2.36. The van der Waals surface area contributed by atoms with Crippen LogP contribution in [0.4, 0.5) is 0 Å². The van der Waals surface area contributed by atoms with Crippen molar-refractivity contribution in [3.05, 3.63) is 82.9 Å². The summed E-state index contributed by atoms with van der Waals surface area (Å²) in [5.41, 5.74) is 0.769. The first kappa shape index (κ1) is 24.9. The average Bonchev–Trinajstić information content (AvgIpc) is 2.89. The van der Waals surface area contributed by atoms with E-state index in [1.807, 2.05) is 0 Å². The third kappa shape index (κ3) is 4.06. The minimum Gasteiger partial charge on any atom is -0.508 e. The van der Waals surface area contributed by atoms with E-state index in [9.17, 15) is 40.2 Å². The Morgan fingerprint density at radius 2 is 1.15 bits per heavy atom. The summed E-state index contributed by atoms with van der Waals surface area (Å²) in [6.45, 7) is 0. The van der Waals surface area contributed by atoms with Crippen molar-refractivity contribution in [3.8, 4) is 57.1 Å². The number of aromatic hydroxyl groups is 6. The van der Waals surface area contributed by atoms with Crippen molar-refractivity contribution >= 4 is 11.6 Å². The second-order valence-corrected chi connectivity index (χ2v) is 9.67. The summed E-state index contributed by atoms with van der Waals surface area (Å²) in [6, 6.07) is 13.6. The molecule has 0 aromatic heterocycles. The molecule has 0 aliphatic carbocycles. The third-order valence-corrected chi connectivity index (χ3v) is 7.06. The maximum atomic E-state index is 13.1. The molecule has 0 bridgehead atoms. The monoisotopic (exact) mass is 542 g/mol. The van der Waals surface area contributed by atoms with E-state index in [0.29, 0.717) is 11.1 Å². The molecule has 0 saturated carbocycles. The number of phenols is 6. The standard InChI is InChI=1S/C30H22O10/c31-15-4-1-13(2-5-15)24-12-23(38)29-21(36)10-20(35)27(30(29)40-24)17-7-14(3-6-18(17)33)25-11-22(37)28-19(34)8-16(32)9-26(28)39-25/h1-10,24-25,31-36H,11-12H2/t24-,25+/m1/s1. The Bertz CT molecular complexity index is 1710. The summed E-state index contributed by atoms with van der Waals surface area (Å²) < 4.78 is 12.0. The van der Waals surface area contributed by atoms with Crippen LogP contribution in [-0.4, -0.2) is 42.2 Å². The van der Waals surface area contributed by atoms with Crippen molar-refractivity contribution in [2.75, 3.05) is 0 Å². The van der Waals surface area contributed by atoms with Crippen LogP contribution in [-0.2, 0) is 0 Å². The smallest absolute Gasteiger partial charge is 0.174 e. The van der Waals surface area contributed by atoms with Gasteiger partial charge in [-0.05, 0) is 35.4 Å². The first-order valence-corrected chi connectivity index (χ1v) is 12.3. The Kier molecular flexibility index (Phi) is 5.69. The predicted octanol–water partition coefficient (Wildman–Crippen LogP) is 5.00. The minimum atomic E-state index is -0.872. The SMILES string of the molecule is O=C1C[C@@H](c2ccc(O)c(-c3c(O)cc(O)c4c3O[C@@H](c3ccc(O)cc3)CC4=O)c2)Oc2cc(O)cc(O)c21. The minimum absolute atomic E-state index is 0.0103. The lowest BCUT2D eigenvalue weighted by atomic mass is 9.89. The number of fused-ring (bicyclic) bond motifs is 2. The normalized spacial score (nSPS) is 17.9. The zero-order chi connectivity index (χ0) is 28.3. The van der Waals surface area contributed by atoms with Crippen LogP contribution in [0.1, 0.15) is 56.9 Å². The summed E-state index contributed by atoms with van der Waals surface area (Å²) in [4.78, 5) is 25.9. The molecule has 40 heavy (non-hydrogen) atoms. The molecule has 2 aliphatic heterocycles. The van der Waals surface area contributed by atoms with Crippen LogP contribution in [0.25, 0.3) is 11.1 Å². The van der Waals surface area contributed by atoms with Crippen molar-refractivity contribution < 1.29 is 49.7 Å². The Morgan fingerprint density at radius 3 is 1.88 bits per heavy atom. The van der Waals surface area contributed by atoms with Gasteiger partial charge in [-0.3, -0.25) is 9.59 Å². The van der Waals surface area contributed by atoms with Crippen molar-refractivity contribution in [1.29, 1.82) is 0 Å². The zero-order valence-corrected chi connectivity index (χ0v) is 20.7. The van der Waals surface area contributed by atoms with E-state index in [1.54, 1.807) is 12.1 Å². The quantitative estimate of drug-likeness (QED) is 0.207. The number of Topliss-reactive ketones (excluding diaryl/α,β-unsaturated/α-hetero) is 2. The molecule has 2 heterocycles. The Labute approximate surface area is 226 Å². The summed E-state index contributed by atoms with van der Waals surface area (Å²) in [7, 11) is 0. The van der Waals surface area contributed by atoms with Gasteiger partial charge in [-0.2, -0.15) is 0 Å². The fraction of sp³-hybridized carbons (Fsp3) is 0.133. The van der Waals surface area contributed by atoms with E-state index in [2.05, 4.69) is 0 Å². The highest BCUT2D eigenvalue weighted by atomic mass is 16.5. The van der Waals surface area contributed by atoms with E-state index in [4.69, 9.17) is 9.47 Å². The number of ether oxygens (including phenoxy) is 2. The summed E-state index contributed by atoms with van der Waals surface area (Å²) in [6.07, 6.45) is -1.95. The van der Waals surface area contributed by atoms with Gasteiger partial charge in [-0.25, -0.2) is 0 Å². The number of carbonyl (C=O) groups excluding carboxylic acids is 2. The molecular formula is C30H22O10. The van der Waals surface area contributed by atoms with E-state index in [0.717, 1.165) is 12.1 Å². The average molecular weight is 542 g/mol. The maximum absolute atomic E-state index is 13.1. The second-order valence-electron chi connectivity index (χ2n) is 9.67. The molecule has 0 amide bonds. The summed E-state index contributed by atoms with van der Waals surface area (Å²) in [5.74, 6) is -2.93. The van der Waals surface area contributed by atoms with Crippen molar-refractivity contribution in [2.24, 2.45) is 0 Å². The number of ketones is 2. The predicted molar refractivity (Wildman–Crippen MR) is 139 cm³/mol. The van der Waals surface area contributed by atoms with Crippen LogP contribution in [0.15, 0.2) is 60.7 Å². The first-order valence-electron chi connectivity index (χ1n) is 12.3. The molecule has 10 nitrogen and oxygen atoms in total. The molecule has 6 rings (SSSR count). The molecule has 0 radical (unpaired) electrons. The highest BCUT2D eigenvalue weighted by Crippen LogP contribution is 2.52. The molecule has 4 aromatic rings. The second kappa shape index (κ2) is 9.12. The molecule has 202 valence electrons. The molecule has 2 atom stereocenters. The number of hydrogen-bond acceptors (Lipinski definition) is 10. The molecule has 0 fully saturated rings. The summed E-state index contributed by atoms with van der Waals surface area (Å²) >= 11 is 0. The lowest BCUT2D eigenvalue weighted by molar-refractivity contribution is 0.0834. The van der Waals surface area contributed by atoms with Crippen LogP contribution in [0, 0.1) is 0 Å². The molecule has 6 N–H and O–H groups in total. The van der Waals surface area contributed by atoms with Gasteiger partial charge in [0.1, 0.15) is 69.3 Å². The van der Waals surface area contributed by atoms with Crippen molar-refractivity contribution in [3.63, 3.8) is 0 Å². The largest absolute Gasteiger partial charge is 0.508 e. The first-order chi connectivity index (χ1) is 19.1. The molecule has 0 spiro atoms. The van der Waals surface area contributed by atoms with Gasteiger partial charge in [0.25, 0.3) is 0 Å². The Morgan fingerprint density at radius 1 is 0.550 bits per heavy atom.